The van der Waals surface area contributed by atoms with Gasteiger partial charge in [0.25, 0.3) is 0 Å². The fourth-order valence-corrected chi connectivity index (χ4v) is 2.99. The van der Waals surface area contributed by atoms with Gasteiger partial charge in [0.2, 0.25) is 5.16 Å². The highest BCUT2D eigenvalue weighted by Gasteiger charge is 2.21. The predicted octanol–water partition coefficient (Wildman–Crippen LogP) is 2.04. The number of benzene rings is 1. The van der Waals surface area contributed by atoms with Crippen LogP contribution in [0.4, 0.5) is 0 Å². The Bertz CT molecular complexity index is 499. The minimum absolute atomic E-state index is 0.285. The molecule has 1 aromatic heterocycles. The highest BCUT2D eigenvalue weighted by molar-refractivity contribution is 7.99. The molecule has 0 spiro atoms. The minimum atomic E-state index is 0.285. The number of rotatable bonds is 6. The van der Waals surface area contributed by atoms with Gasteiger partial charge in [-0.1, -0.05) is 55.9 Å². The van der Waals surface area contributed by atoms with Crippen LogP contribution < -0.4 is 5.32 Å². The van der Waals surface area contributed by atoms with E-state index < -0.39 is 0 Å². The number of aromatic nitrogens is 4. The molecule has 0 amide bonds. The van der Waals surface area contributed by atoms with Crippen LogP contribution in [0.5, 0.6) is 0 Å². The van der Waals surface area contributed by atoms with Gasteiger partial charge in [-0.3, -0.25) is 0 Å². The van der Waals surface area contributed by atoms with Crippen molar-refractivity contribution < 1.29 is 0 Å². The minimum Gasteiger partial charge on any atom is -0.309 e. The number of hydrogen-bond acceptors (Lipinski definition) is 5. The van der Waals surface area contributed by atoms with E-state index in [9.17, 15) is 0 Å². The number of aryl methyl sites for hydroxylation is 1. The van der Waals surface area contributed by atoms with Crippen LogP contribution >= 0.6 is 11.8 Å². The van der Waals surface area contributed by atoms with Crippen molar-refractivity contribution >= 4 is 11.8 Å². The summed E-state index contributed by atoms with van der Waals surface area (Å²) in [6.45, 7) is 5.25. The topological polar surface area (TPSA) is 55.6 Å². The maximum absolute atomic E-state index is 4.03. The molecule has 1 heterocycles. The Labute approximate surface area is 117 Å². The third-order valence-electron chi connectivity index (χ3n) is 2.92. The van der Waals surface area contributed by atoms with Gasteiger partial charge in [0.15, 0.2) is 0 Å². The average Bonchev–Trinajstić information content (AvgIpc) is 2.82. The second kappa shape index (κ2) is 6.68. The molecule has 0 saturated heterocycles. The molecule has 2 atom stereocenters. The number of nitrogens with zero attached hydrogens (tertiary/aromatic N) is 4. The van der Waals surface area contributed by atoms with Crippen LogP contribution in [0.3, 0.4) is 0 Å². The second-order valence-corrected chi connectivity index (χ2v) is 5.70. The molecule has 1 aromatic carbocycles. The first kappa shape index (κ1) is 14.0. The number of tetrazole rings is 1. The molecule has 0 fully saturated rings. The van der Waals surface area contributed by atoms with Gasteiger partial charge in [-0.2, -0.15) is 0 Å². The van der Waals surface area contributed by atoms with Crippen LogP contribution in [0, 0.1) is 0 Å². The average molecular weight is 277 g/mol. The standard InChI is InChI=1S/C13H19N5S/c1-4-14-12(11-8-6-5-7-9-11)10(2)19-13-15-16-17-18(13)3/h5-10,12,14H,4H2,1-3H3. The zero-order valence-corrected chi connectivity index (χ0v) is 12.3. The molecule has 0 saturated carbocycles. The van der Waals surface area contributed by atoms with E-state index in [0.717, 1.165) is 11.7 Å². The van der Waals surface area contributed by atoms with Crippen LogP contribution in [0.1, 0.15) is 25.5 Å². The summed E-state index contributed by atoms with van der Waals surface area (Å²) in [4.78, 5) is 0. The van der Waals surface area contributed by atoms with Crippen LogP contribution in [0.2, 0.25) is 0 Å². The Morgan fingerprint density at radius 3 is 2.63 bits per heavy atom. The maximum Gasteiger partial charge on any atom is 0.209 e. The maximum atomic E-state index is 4.03. The second-order valence-electron chi connectivity index (χ2n) is 4.35. The first-order valence-corrected chi connectivity index (χ1v) is 7.27. The van der Waals surface area contributed by atoms with Gasteiger partial charge in [-0.15, -0.1) is 5.10 Å². The van der Waals surface area contributed by atoms with Gasteiger partial charge in [0.1, 0.15) is 0 Å². The fourth-order valence-electron chi connectivity index (χ4n) is 1.99. The smallest absolute Gasteiger partial charge is 0.209 e. The summed E-state index contributed by atoms with van der Waals surface area (Å²) < 4.78 is 1.70. The highest BCUT2D eigenvalue weighted by atomic mass is 32.2. The summed E-state index contributed by atoms with van der Waals surface area (Å²) in [5.74, 6) is 0. The van der Waals surface area contributed by atoms with Crippen molar-refractivity contribution in [3.05, 3.63) is 35.9 Å². The molecule has 2 rings (SSSR count). The third kappa shape index (κ3) is 3.54. The summed E-state index contributed by atoms with van der Waals surface area (Å²) >= 11 is 1.68. The van der Waals surface area contributed by atoms with Gasteiger partial charge in [0.05, 0.1) is 0 Å². The fraction of sp³-hybridized carbons (Fsp3) is 0.462. The Morgan fingerprint density at radius 1 is 1.32 bits per heavy atom. The number of thioether (sulfide) groups is 1. The molecule has 102 valence electrons. The van der Waals surface area contributed by atoms with Crippen LogP contribution in [-0.4, -0.2) is 32.0 Å². The van der Waals surface area contributed by atoms with Crippen molar-refractivity contribution in [3.8, 4) is 0 Å². The summed E-state index contributed by atoms with van der Waals surface area (Å²) in [7, 11) is 1.86. The number of hydrogen-bond donors (Lipinski definition) is 1. The SMILES string of the molecule is CCNC(c1ccccc1)C(C)Sc1nnnn1C. The lowest BCUT2D eigenvalue weighted by molar-refractivity contribution is 0.545. The van der Waals surface area contributed by atoms with E-state index in [2.05, 4.69) is 59.0 Å². The molecule has 19 heavy (non-hydrogen) atoms. The van der Waals surface area contributed by atoms with E-state index in [1.54, 1.807) is 16.4 Å². The van der Waals surface area contributed by atoms with E-state index in [1.165, 1.54) is 5.56 Å². The first-order valence-electron chi connectivity index (χ1n) is 6.39. The molecule has 0 aliphatic heterocycles. The molecular weight excluding hydrogens is 258 g/mol. The van der Waals surface area contributed by atoms with Gasteiger partial charge >= 0.3 is 0 Å². The molecule has 0 radical (unpaired) electrons. The molecule has 0 aliphatic rings. The number of nitrogens with one attached hydrogen (secondary N) is 1. The summed E-state index contributed by atoms with van der Waals surface area (Å²) in [5, 5.41) is 16.3. The van der Waals surface area contributed by atoms with E-state index in [4.69, 9.17) is 0 Å². The summed E-state index contributed by atoms with van der Waals surface area (Å²) in [5.41, 5.74) is 1.29. The third-order valence-corrected chi connectivity index (χ3v) is 4.13. The Morgan fingerprint density at radius 2 is 2.05 bits per heavy atom. The van der Waals surface area contributed by atoms with Crippen molar-refractivity contribution in [2.75, 3.05) is 6.54 Å². The predicted molar refractivity (Wildman–Crippen MR) is 77.0 cm³/mol. The van der Waals surface area contributed by atoms with Gasteiger partial charge in [-0.25, -0.2) is 4.68 Å². The van der Waals surface area contributed by atoms with Crippen molar-refractivity contribution in [1.82, 2.24) is 25.5 Å². The molecule has 6 heteroatoms. The van der Waals surface area contributed by atoms with E-state index >= 15 is 0 Å². The van der Waals surface area contributed by atoms with Crippen molar-refractivity contribution in [1.29, 1.82) is 0 Å². The largest absolute Gasteiger partial charge is 0.309 e. The summed E-state index contributed by atoms with van der Waals surface area (Å²) in [6.07, 6.45) is 0. The highest BCUT2D eigenvalue weighted by Crippen LogP contribution is 2.30. The van der Waals surface area contributed by atoms with Gasteiger partial charge < -0.3 is 5.32 Å². The van der Waals surface area contributed by atoms with E-state index in [0.29, 0.717) is 5.25 Å². The molecule has 2 unspecified atom stereocenters. The quantitative estimate of drug-likeness (QED) is 0.819. The first-order chi connectivity index (χ1) is 9.22. The lowest BCUT2D eigenvalue weighted by atomic mass is 10.0. The zero-order chi connectivity index (χ0) is 13.7. The van der Waals surface area contributed by atoms with Crippen molar-refractivity contribution in [2.45, 2.75) is 30.3 Å². The van der Waals surface area contributed by atoms with Crippen molar-refractivity contribution in [3.63, 3.8) is 0 Å². The van der Waals surface area contributed by atoms with E-state index in [1.807, 2.05) is 13.1 Å². The molecular formula is C13H19N5S. The van der Waals surface area contributed by atoms with Crippen LogP contribution in [0.15, 0.2) is 35.5 Å². The molecule has 2 aromatic rings. The van der Waals surface area contributed by atoms with Crippen LogP contribution in [0.25, 0.3) is 0 Å². The molecule has 0 aliphatic carbocycles. The van der Waals surface area contributed by atoms with E-state index in [-0.39, 0.29) is 6.04 Å². The normalized spacial score (nSPS) is 14.3. The van der Waals surface area contributed by atoms with Crippen molar-refractivity contribution in [2.24, 2.45) is 7.05 Å². The van der Waals surface area contributed by atoms with Gasteiger partial charge in [-0.05, 0) is 22.5 Å². The molecule has 1 N–H and O–H groups in total. The molecule has 0 bridgehead atoms. The Kier molecular flexibility index (Phi) is 4.93. The van der Waals surface area contributed by atoms with Crippen LogP contribution in [-0.2, 0) is 7.05 Å². The Hall–Kier alpha value is -1.40. The lowest BCUT2D eigenvalue weighted by Crippen LogP contribution is -2.28. The molecule has 5 nitrogen and oxygen atoms in total. The lowest BCUT2D eigenvalue weighted by Gasteiger charge is -2.24. The zero-order valence-electron chi connectivity index (χ0n) is 11.4. The monoisotopic (exact) mass is 277 g/mol. The summed E-state index contributed by atoms with van der Waals surface area (Å²) in [6, 6.07) is 10.8. The Balaban J connectivity index is 2.13. The van der Waals surface area contributed by atoms with Gasteiger partial charge in [0, 0.05) is 18.3 Å².